The van der Waals surface area contributed by atoms with Crippen molar-refractivity contribution in [1.82, 2.24) is 0 Å². The number of carbonyl (C=O) groups excluding carboxylic acids is 3. The zero-order valence-electron chi connectivity index (χ0n) is 27.3. The average Bonchev–Trinajstić information content (AvgIpc) is 3.48. The Bertz CT molecular complexity index is 1420. The molecule has 260 valence electrons. The van der Waals surface area contributed by atoms with Crippen molar-refractivity contribution in [3.8, 4) is 0 Å². The maximum absolute atomic E-state index is 11.8. The first-order chi connectivity index (χ1) is 20.1. The third kappa shape index (κ3) is 6.48. The summed E-state index contributed by atoms with van der Waals surface area (Å²) >= 11 is 0. The molecule has 6 aliphatic rings. The van der Waals surface area contributed by atoms with Crippen LogP contribution in [0.15, 0.2) is 0 Å². The number of hydrogen-bond donors (Lipinski definition) is 0. The molecule has 6 fully saturated rings. The van der Waals surface area contributed by atoms with Crippen molar-refractivity contribution < 1.29 is 53.3 Å². The molecule has 0 aromatic carbocycles. The molecule has 0 heterocycles. The van der Waals surface area contributed by atoms with Gasteiger partial charge in [0.1, 0.15) is 17.3 Å². The van der Waals surface area contributed by atoms with E-state index in [1.165, 1.54) is 0 Å². The third-order valence-electron chi connectivity index (χ3n) is 13.7. The fourth-order valence-corrected chi connectivity index (χ4v) is 14.1. The van der Waals surface area contributed by atoms with Gasteiger partial charge in [0.15, 0.2) is 0 Å². The van der Waals surface area contributed by atoms with Gasteiger partial charge in [0.2, 0.25) is 0 Å². The Morgan fingerprint density at radius 2 is 0.696 bits per heavy atom. The van der Waals surface area contributed by atoms with E-state index < -0.39 is 63.9 Å². The van der Waals surface area contributed by atoms with Gasteiger partial charge in [-0.05, 0) is 72.5 Å². The predicted molar refractivity (Wildman–Crippen MR) is 165 cm³/mol. The molecule has 0 spiro atoms. The molecule has 0 saturated heterocycles. The first kappa shape index (κ1) is 40.1. The molecule has 0 aromatic heterocycles. The zero-order valence-corrected chi connectivity index (χ0v) is 33.2. The van der Waals surface area contributed by atoms with E-state index in [4.69, 9.17) is 0 Å². The Balaban J connectivity index is 0.000000186. The van der Waals surface area contributed by atoms with Crippen LogP contribution in [0.2, 0.25) is 0 Å². The molecular formula is C30H45BiO12S3. The van der Waals surface area contributed by atoms with Crippen LogP contribution in [0, 0.1) is 50.2 Å². The molecule has 6 rings (SSSR count). The van der Waals surface area contributed by atoms with Gasteiger partial charge in [0.05, 0.1) is 47.6 Å². The van der Waals surface area contributed by atoms with E-state index in [9.17, 15) is 53.3 Å². The quantitative estimate of drug-likeness (QED) is 0.277. The maximum Gasteiger partial charge on any atom is 3.00 e. The SMILES string of the molecule is CC1(C)C2CCC1(CS(=O)(=O)[O-])C(=O)C2.CC1(C)C2CCC1(CS(=O)(=O)[O-])C(=O)C2.CC1(C)C2CCC1(CS(=O)(=O)[O-])C(=O)C2.[Bi+3]. The van der Waals surface area contributed by atoms with Crippen LogP contribution in [0.4, 0.5) is 0 Å². The molecule has 6 unspecified atom stereocenters. The van der Waals surface area contributed by atoms with Gasteiger partial charge < -0.3 is 13.7 Å². The Kier molecular flexibility index (Phi) is 10.6. The van der Waals surface area contributed by atoms with E-state index in [0.717, 1.165) is 19.3 Å². The van der Waals surface area contributed by atoms with E-state index in [2.05, 4.69) is 0 Å². The molecule has 0 aliphatic heterocycles. The van der Waals surface area contributed by atoms with Crippen molar-refractivity contribution in [2.45, 2.75) is 99.3 Å². The number of ketones is 3. The largest absolute Gasteiger partial charge is 3.00 e. The second kappa shape index (κ2) is 12.1. The normalized spacial score (nSPS) is 37.8. The standard InChI is InChI=1S/3C10H16O4S.Bi/c3*1-9(2)7-3-4-10(9,8(11)5-7)6-15(12,13)14;/h3*7H,3-6H2,1-2H3,(H,12,13,14);/q;;;+3/p-3. The minimum Gasteiger partial charge on any atom is -0.748 e. The molecule has 12 nitrogen and oxygen atoms in total. The van der Waals surface area contributed by atoms with Crippen LogP contribution in [-0.4, -0.2) is 99.7 Å². The molecule has 6 aliphatic carbocycles. The molecule has 0 aromatic rings. The number of Topliss-reactive ketones (excluding diaryl/α,β-unsaturated/α-hetero) is 3. The fourth-order valence-electron chi connectivity index (χ4n) is 10.2. The van der Waals surface area contributed by atoms with Crippen molar-refractivity contribution >= 4 is 73.9 Å². The van der Waals surface area contributed by atoms with Crippen LogP contribution >= 0.6 is 0 Å². The summed E-state index contributed by atoms with van der Waals surface area (Å²) in [7, 11) is -13.0. The van der Waals surface area contributed by atoms with Gasteiger partial charge >= 0.3 is 26.2 Å². The second-order valence-corrected chi connectivity index (χ2v) is 20.3. The van der Waals surface area contributed by atoms with Crippen molar-refractivity contribution in [3.05, 3.63) is 0 Å². The second-order valence-electron chi connectivity index (χ2n) is 16.1. The van der Waals surface area contributed by atoms with Gasteiger partial charge in [-0.3, -0.25) is 14.4 Å². The van der Waals surface area contributed by atoms with E-state index >= 15 is 0 Å². The molecular weight excluding hydrogens is 857 g/mol. The van der Waals surface area contributed by atoms with E-state index in [1.54, 1.807) is 0 Å². The topological polar surface area (TPSA) is 223 Å². The first-order valence-corrected chi connectivity index (χ1v) is 20.2. The minimum atomic E-state index is -4.33. The van der Waals surface area contributed by atoms with Gasteiger partial charge in [0.25, 0.3) is 0 Å². The minimum absolute atomic E-state index is 0. The number of hydrogen-bond acceptors (Lipinski definition) is 12. The zero-order chi connectivity index (χ0) is 34.4. The van der Waals surface area contributed by atoms with Crippen LogP contribution in [0.25, 0.3) is 0 Å². The van der Waals surface area contributed by atoms with Crippen molar-refractivity contribution in [2.24, 2.45) is 50.2 Å². The summed E-state index contributed by atoms with van der Waals surface area (Å²) in [4.78, 5) is 35.5. The number of rotatable bonds is 6. The monoisotopic (exact) mass is 902 g/mol. The van der Waals surface area contributed by atoms with Gasteiger partial charge in [-0.25, -0.2) is 25.3 Å². The average molecular weight is 903 g/mol. The first-order valence-electron chi connectivity index (χ1n) is 15.5. The maximum atomic E-state index is 11.8. The summed E-state index contributed by atoms with van der Waals surface area (Å²) in [6.45, 7) is 11.5. The Hall–Kier alpha value is -0.377. The van der Waals surface area contributed by atoms with Crippen LogP contribution in [0.5, 0.6) is 0 Å². The molecule has 2 radical (unpaired) electrons. The Morgan fingerprint density at radius 3 is 0.804 bits per heavy atom. The van der Waals surface area contributed by atoms with Crippen molar-refractivity contribution in [3.63, 3.8) is 0 Å². The van der Waals surface area contributed by atoms with E-state index in [0.29, 0.717) is 38.5 Å². The molecule has 16 heteroatoms. The molecule has 6 atom stereocenters. The van der Waals surface area contributed by atoms with E-state index in [1.807, 2.05) is 41.5 Å². The fraction of sp³-hybridized carbons (Fsp3) is 0.900. The van der Waals surface area contributed by atoms with Gasteiger partial charge in [-0.1, -0.05) is 41.5 Å². The Labute approximate surface area is 292 Å². The van der Waals surface area contributed by atoms with Gasteiger partial charge in [-0.2, -0.15) is 0 Å². The van der Waals surface area contributed by atoms with Crippen molar-refractivity contribution in [1.29, 1.82) is 0 Å². The van der Waals surface area contributed by atoms with Crippen molar-refractivity contribution in [2.75, 3.05) is 17.3 Å². The molecule has 6 saturated carbocycles. The molecule has 0 amide bonds. The summed E-state index contributed by atoms with van der Waals surface area (Å²) in [5.74, 6) is -0.840. The van der Waals surface area contributed by atoms with Gasteiger partial charge in [-0.15, -0.1) is 0 Å². The van der Waals surface area contributed by atoms with Crippen LogP contribution in [-0.2, 0) is 44.7 Å². The number of fused-ring (bicyclic) bond motifs is 6. The van der Waals surface area contributed by atoms with Crippen LogP contribution in [0.1, 0.15) is 99.3 Å². The van der Waals surface area contributed by atoms with E-state index in [-0.39, 0.29) is 77.6 Å². The molecule has 46 heavy (non-hydrogen) atoms. The summed E-state index contributed by atoms with van der Waals surface area (Å²) in [5.41, 5.74) is -3.67. The third-order valence-corrected chi connectivity index (χ3v) is 16.2. The molecule has 6 bridgehead atoms. The summed E-state index contributed by atoms with van der Waals surface area (Å²) in [6, 6.07) is 0. The van der Waals surface area contributed by atoms with Crippen LogP contribution < -0.4 is 0 Å². The summed E-state index contributed by atoms with van der Waals surface area (Å²) in [5, 5.41) is 0. The Morgan fingerprint density at radius 1 is 0.500 bits per heavy atom. The smallest absolute Gasteiger partial charge is 0.748 e. The predicted octanol–water partition coefficient (Wildman–Crippen LogP) is 2.40. The molecule has 0 N–H and O–H groups in total. The summed E-state index contributed by atoms with van der Waals surface area (Å²) in [6.07, 6.45) is 5.63. The number of carbonyl (C=O) groups is 3. The van der Waals surface area contributed by atoms with Crippen LogP contribution in [0.3, 0.4) is 0 Å². The van der Waals surface area contributed by atoms with Gasteiger partial charge in [0, 0.05) is 35.5 Å². The summed E-state index contributed by atoms with van der Waals surface area (Å²) < 4.78 is 98.1.